The Kier molecular flexibility index (Phi) is 5.43. The minimum absolute atomic E-state index is 0.0420. The zero-order chi connectivity index (χ0) is 19.6. The summed E-state index contributed by atoms with van der Waals surface area (Å²) in [6, 6.07) is 6.10. The summed E-state index contributed by atoms with van der Waals surface area (Å²) in [6.07, 6.45) is 0.601. The van der Waals surface area contributed by atoms with Crippen LogP contribution in [0, 0.1) is 6.92 Å². The van der Waals surface area contributed by atoms with E-state index in [0.717, 1.165) is 0 Å². The molecule has 0 unspecified atom stereocenters. The lowest BCUT2D eigenvalue weighted by molar-refractivity contribution is -0.0363. The van der Waals surface area contributed by atoms with Crippen molar-refractivity contribution in [1.29, 1.82) is 0 Å². The Bertz CT molecular complexity index is 933. The topological polar surface area (TPSA) is 126 Å². The SMILES string of the molecule is COc1ccc(C(=O)OC[C@H]2O[C@@H](n3cc(C)c(=O)[nH]c3=O)C[C@H]2N)cc1. The Labute approximate surface area is 154 Å². The Morgan fingerprint density at radius 1 is 1.33 bits per heavy atom. The van der Waals surface area contributed by atoms with Crippen LogP contribution in [0.15, 0.2) is 40.1 Å². The number of benzene rings is 1. The van der Waals surface area contributed by atoms with Gasteiger partial charge >= 0.3 is 11.7 Å². The van der Waals surface area contributed by atoms with Crippen LogP contribution in [-0.4, -0.2) is 41.4 Å². The van der Waals surface area contributed by atoms with E-state index in [9.17, 15) is 14.4 Å². The van der Waals surface area contributed by atoms with Crippen LogP contribution in [0.3, 0.4) is 0 Å². The minimum atomic E-state index is -0.632. The molecule has 27 heavy (non-hydrogen) atoms. The second-order valence-electron chi connectivity index (χ2n) is 6.33. The van der Waals surface area contributed by atoms with Gasteiger partial charge < -0.3 is 19.9 Å². The molecule has 1 aliphatic rings. The van der Waals surface area contributed by atoms with Gasteiger partial charge in [0.1, 0.15) is 24.7 Å². The van der Waals surface area contributed by atoms with Gasteiger partial charge in [0.15, 0.2) is 0 Å². The smallest absolute Gasteiger partial charge is 0.338 e. The molecule has 0 aliphatic carbocycles. The molecule has 9 heteroatoms. The number of carbonyl (C=O) groups excluding carboxylic acids is 1. The number of carbonyl (C=O) groups is 1. The normalized spacial score (nSPS) is 21.8. The Hall–Kier alpha value is -2.91. The summed E-state index contributed by atoms with van der Waals surface area (Å²) in [5.41, 5.74) is 5.83. The molecule has 0 saturated carbocycles. The van der Waals surface area contributed by atoms with Crippen molar-refractivity contribution < 1.29 is 19.0 Å². The van der Waals surface area contributed by atoms with Gasteiger partial charge in [0.05, 0.1) is 12.7 Å². The first kappa shape index (κ1) is 18.9. The Morgan fingerprint density at radius 2 is 2.04 bits per heavy atom. The number of hydrogen-bond acceptors (Lipinski definition) is 7. The molecule has 3 atom stereocenters. The number of nitrogens with two attached hydrogens (primary N) is 1. The molecule has 9 nitrogen and oxygen atoms in total. The molecule has 3 rings (SSSR count). The zero-order valence-corrected chi connectivity index (χ0v) is 15.0. The number of nitrogens with one attached hydrogen (secondary N) is 1. The molecule has 3 N–H and O–H groups in total. The maximum Gasteiger partial charge on any atom is 0.338 e. The number of aryl methyl sites for hydroxylation is 1. The fourth-order valence-electron chi connectivity index (χ4n) is 2.85. The first-order valence-electron chi connectivity index (χ1n) is 8.43. The fourth-order valence-corrected chi connectivity index (χ4v) is 2.85. The van der Waals surface area contributed by atoms with Crippen molar-refractivity contribution in [2.45, 2.75) is 31.7 Å². The maximum atomic E-state index is 12.1. The standard InChI is InChI=1S/C18H21N3O6/c1-10-8-21(18(24)20-16(10)22)15-7-13(19)14(27-15)9-26-17(23)11-3-5-12(25-2)6-4-11/h3-6,8,13-15H,7,9,19H2,1-2H3,(H,20,22,24)/t13-,14-,15-/m1/s1. The lowest BCUT2D eigenvalue weighted by Gasteiger charge is -2.16. The average Bonchev–Trinajstić information content (AvgIpc) is 3.03. The van der Waals surface area contributed by atoms with Gasteiger partial charge in [0, 0.05) is 24.2 Å². The van der Waals surface area contributed by atoms with E-state index < -0.39 is 35.6 Å². The summed E-state index contributed by atoms with van der Waals surface area (Å²) in [4.78, 5) is 37.8. The molecular formula is C18H21N3O6. The fraction of sp³-hybridized carbons (Fsp3) is 0.389. The number of H-pyrrole nitrogens is 1. The molecule has 0 bridgehead atoms. The van der Waals surface area contributed by atoms with Crippen LogP contribution >= 0.6 is 0 Å². The summed E-state index contributed by atoms with van der Waals surface area (Å²) >= 11 is 0. The predicted molar refractivity (Wildman–Crippen MR) is 95.8 cm³/mol. The molecule has 0 amide bonds. The van der Waals surface area contributed by atoms with Crippen molar-refractivity contribution in [3.05, 3.63) is 62.4 Å². The molecule has 0 spiro atoms. The molecule has 1 aliphatic heterocycles. The molecule has 1 saturated heterocycles. The number of aromatic nitrogens is 2. The van der Waals surface area contributed by atoms with E-state index in [0.29, 0.717) is 23.3 Å². The van der Waals surface area contributed by atoms with Gasteiger partial charge in [-0.05, 0) is 31.2 Å². The van der Waals surface area contributed by atoms with Gasteiger partial charge in [-0.15, -0.1) is 0 Å². The number of aromatic amines is 1. The number of hydrogen-bond donors (Lipinski definition) is 2. The molecule has 1 fully saturated rings. The summed E-state index contributed by atoms with van der Waals surface area (Å²) in [7, 11) is 1.54. The van der Waals surface area contributed by atoms with E-state index in [1.54, 1.807) is 31.2 Å². The van der Waals surface area contributed by atoms with Crippen LogP contribution in [0.1, 0.15) is 28.6 Å². The molecule has 1 aromatic heterocycles. The number of rotatable bonds is 5. The third-order valence-corrected chi connectivity index (χ3v) is 4.44. The lowest BCUT2D eigenvalue weighted by atomic mass is 10.1. The molecule has 0 radical (unpaired) electrons. The largest absolute Gasteiger partial charge is 0.497 e. The lowest BCUT2D eigenvalue weighted by Crippen LogP contribution is -2.34. The van der Waals surface area contributed by atoms with Crippen molar-refractivity contribution in [3.63, 3.8) is 0 Å². The van der Waals surface area contributed by atoms with Crippen molar-refractivity contribution in [2.75, 3.05) is 13.7 Å². The highest BCUT2D eigenvalue weighted by Gasteiger charge is 2.35. The Balaban J connectivity index is 1.63. The van der Waals surface area contributed by atoms with E-state index in [-0.39, 0.29) is 6.61 Å². The van der Waals surface area contributed by atoms with Crippen LogP contribution < -0.4 is 21.7 Å². The van der Waals surface area contributed by atoms with Crippen molar-refractivity contribution in [3.8, 4) is 5.75 Å². The van der Waals surface area contributed by atoms with Gasteiger partial charge in [-0.1, -0.05) is 0 Å². The second-order valence-corrected chi connectivity index (χ2v) is 6.33. The molecule has 2 heterocycles. The highest BCUT2D eigenvalue weighted by Crippen LogP contribution is 2.26. The Morgan fingerprint density at radius 3 is 2.70 bits per heavy atom. The van der Waals surface area contributed by atoms with E-state index in [4.69, 9.17) is 19.9 Å². The minimum Gasteiger partial charge on any atom is -0.497 e. The average molecular weight is 375 g/mol. The maximum absolute atomic E-state index is 12.1. The molecular weight excluding hydrogens is 354 g/mol. The van der Waals surface area contributed by atoms with Crippen molar-refractivity contribution >= 4 is 5.97 Å². The van der Waals surface area contributed by atoms with E-state index >= 15 is 0 Å². The summed E-state index contributed by atoms with van der Waals surface area (Å²) in [5, 5.41) is 0. The van der Waals surface area contributed by atoms with Crippen LogP contribution in [0.25, 0.3) is 0 Å². The van der Waals surface area contributed by atoms with Gasteiger partial charge in [0.25, 0.3) is 5.56 Å². The zero-order valence-electron chi connectivity index (χ0n) is 15.0. The monoisotopic (exact) mass is 375 g/mol. The van der Waals surface area contributed by atoms with Gasteiger partial charge in [-0.25, -0.2) is 9.59 Å². The number of esters is 1. The summed E-state index contributed by atoms with van der Waals surface area (Å²) < 4.78 is 17.4. The first-order chi connectivity index (χ1) is 12.9. The van der Waals surface area contributed by atoms with Crippen molar-refractivity contribution in [1.82, 2.24) is 9.55 Å². The highest BCUT2D eigenvalue weighted by atomic mass is 16.6. The molecule has 1 aromatic carbocycles. The van der Waals surface area contributed by atoms with E-state index in [2.05, 4.69) is 4.98 Å². The first-order valence-corrected chi connectivity index (χ1v) is 8.43. The van der Waals surface area contributed by atoms with Gasteiger partial charge in [0.2, 0.25) is 0 Å². The third-order valence-electron chi connectivity index (χ3n) is 4.44. The molecule has 144 valence electrons. The quantitative estimate of drug-likeness (QED) is 0.721. The summed E-state index contributed by atoms with van der Waals surface area (Å²) in [6.45, 7) is 1.55. The van der Waals surface area contributed by atoms with Crippen LogP contribution in [0.5, 0.6) is 5.75 Å². The highest BCUT2D eigenvalue weighted by molar-refractivity contribution is 5.89. The number of nitrogens with zero attached hydrogens (tertiary/aromatic N) is 1. The van der Waals surface area contributed by atoms with Crippen LogP contribution in [-0.2, 0) is 9.47 Å². The molecule has 2 aromatic rings. The van der Waals surface area contributed by atoms with E-state index in [1.807, 2.05) is 0 Å². The van der Waals surface area contributed by atoms with Crippen molar-refractivity contribution in [2.24, 2.45) is 5.73 Å². The second kappa shape index (κ2) is 7.77. The van der Waals surface area contributed by atoms with Crippen LogP contribution in [0.2, 0.25) is 0 Å². The number of methoxy groups -OCH3 is 1. The third kappa shape index (κ3) is 4.09. The number of ether oxygens (including phenoxy) is 3. The van der Waals surface area contributed by atoms with Crippen LogP contribution in [0.4, 0.5) is 0 Å². The summed E-state index contributed by atoms with van der Waals surface area (Å²) in [5.74, 6) is 0.131. The van der Waals surface area contributed by atoms with E-state index in [1.165, 1.54) is 17.9 Å². The van der Waals surface area contributed by atoms with Gasteiger partial charge in [-0.3, -0.25) is 14.3 Å². The van der Waals surface area contributed by atoms with Gasteiger partial charge in [-0.2, -0.15) is 0 Å². The predicted octanol–water partition coefficient (Wildman–Crippen LogP) is 0.325.